The molecule has 174 valence electrons. The lowest BCUT2D eigenvalue weighted by Crippen LogP contribution is -2.42. The Balaban J connectivity index is 2.13. The molecule has 1 aromatic rings. The van der Waals surface area contributed by atoms with Crippen LogP contribution in [0.3, 0.4) is 0 Å². The Labute approximate surface area is 187 Å². The van der Waals surface area contributed by atoms with Gasteiger partial charge in [-0.15, -0.1) is 6.58 Å². The average Bonchev–Trinajstić information content (AvgIpc) is 2.78. The number of alkyl carbamates (subject to hydrolysis) is 1. The van der Waals surface area contributed by atoms with Gasteiger partial charge in [0.2, 0.25) is 0 Å². The number of amides is 1. The van der Waals surface area contributed by atoms with Crippen molar-refractivity contribution in [2.75, 3.05) is 19.8 Å². The molecule has 0 bridgehead atoms. The van der Waals surface area contributed by atoms with Gasteiger partial charge < -0.3 is 19.5 Å². The number of esters is 1. The lowest BCUT2D eigenvalue weighted by Gasteiger charge is -2.16. The Hall–Kier alpha value is -2.34. The van der Waals surface area contributed by atoms with Gasteiger partial charge in [0, 0.05) is 0 Å². The van der Waals surface area contributed by atoms with E-state index in [1.54, 1.807) is 6.08 Å². The molecule has 0 radical (unpaired) electrons. The van der Waals surface area contributed by atoms with Crippen molar-refractivity contribution in [2.24, 2.45) is 0 Å². The number of carbonyl (C=O) groups excluding carboxylic acids is 2. The predicted octanol–water partition coefficient (Wildman–Crippen LogP) is 5.56. The van der Waals surface area contributed by atoms with Gasteiger partial charge in [0.05, 0.1) is 19.8 Å². The van der Waals surface area contributed by atoms with Crippen LogP contribution < -0.4 is 5.32 Å². The smallest absolute Gasteiger partial charge is 0.407 e. The third kappa shape index (κ3) is 14.3. The molecule has 6 heteroatoms. The first-order valence-corrected chi connectivity index (χ1v) is 11.5. The van der Waals surface area contributed by atoms with E-state index in [1.165, 1.54) is 32.1 Å². The van der Waals surface area contributed by atoms with Crippen molar-refractivity contribution < 1.29 is 23.8 Å². The summed E-state index contributed by atoms with van der Waals surface area (Å²) in [7, 11) is 0. The summed E-state index contributed by atoms with van der Waals surface area (Å²) in [5.41, 5.74) is 1.05. The topological polar surface area (TPSA) is 73.9 Å². The summed E-state index contributed by atoms with van der Waals surface area (Å²) < 4.78 is 15.9. The van der Waals surface area contributed by atoms with E-state index in [-0.39, 0.29) is 19.6 Å². The first-order valence-electron chi connectivity index (χ1n) is 11.5. The number of benzene rings is 1. The Morgan fingerprint density at radius 1 is 0.935 bits per heavy atom. The van der Waals surface area contributed by atoms with Crippen LogP contribution in [-0.2, 0) is 25.6 Å². The molecule has 0 heterocycles. The Bertz CT molecular complexity index is 605. The molecule has 31 heavy (non-hydrogen) atoms. The summed E-state index contributed by atoms with van der Waals surface area (Å²) in [6, 6.07) is 8.97. The lowest BCUT2D eigenvalue weighted by atomic mass is 10.1. The summed E-state index contributed by atoms with van der Waals surface area (Å²) in [6.45, 7) is 7.05. The number of unbranched alkanes of at least 4 members (excludes halogenated alkanes) is 7. The molecule has 1 rings (SSSR count). The van der Waals surface area contributed by atoms with Crippen molar-refractivity contribution in [2.45, 2.75) is 77.4 Å². The highest BCUT2D eigenvalue weighted by Crippen LogP contribution is 2.09. The minimum absolute atomic E-state index is 0.104. The largest absolute Gasteiger partial charge is 0.464 e. The van der Waals surface area contributed by atoms with E-state index in [4.69, 9.17) is 14.2 Å². The maximum atomic E-state index is 12.2. The normalized spacial score (nSPS) is 11.5. The molecule has 0 spiro atoms. The minimum Gasteiger partial charge on any atom is -0.464 e. The Kier molecular flexibility index (Phi) is 15.9. The second-order valence-electron chi connectivity index (χ2n) is 7.54. The molecular formula is C25H39NO5. The van der Waals surface area contributed by atoms with Crippen LogP contribution in [0.2, 0.25) is 0 Å². The Morgan fingerprint density at radius 2 is 1.61 bits per heavy atom. The third-order valence-electron chi connectivity index (χ3n) is 4.79. The van der Waals surface area contributed by atoms with Gasteiger partial charge >= 0.3 is 12.1 Å². The maximum Gasteiger partial charge on any atom is 0.407 e. The summed E-state index contributed by atoms with van der Waals surface area (Å²) in [5, 5.41) is 2.54. The highest BCUT2D eigenvalue weighted by atomic mass is 16.6. The van der Waals surface area contributed by atoms with Crippen molar-refractivity contribution >= 4 is 12.1 Å². The molecule has 0 aliphatic rings. The van der Waals surface area contributed by atoms with Crippen molar-refractivity contribution in [3.63, 3.8) is 0 Å². The summed E-state index contributed by atoms with van der Waals surface area (Å²) in [4.78, 5) is 24.2. The maximum absolute atomic E-state index is 12.2. The number of rotatable bonds is 18. The number of carbonyl (C=O) groups is 2. The standard InChI is InChI=1S/C25H39NO5/c1-3-5-6-7-8-9-10-14-18-30-24(27)23(15-4-2)26-25(28)31-20-19-29-21-22-16-12-11-13-17-22/h4,11-13,16-17,23H,2-3,5-10,14-15,18-21H2,1H3,(H,26,28). The van der Waals surface area contributed by atoms with E-state index >= 15 is 0 Å². The molecule has 0 aliphatic carbocycles. The van der Waals surface area contributed by atoms with Gasteiger partial charge in [0.15, 0.2) is 0 Å². The van der Waals surface area contributed by atoms with Crippen LogP contribution in [0, 0.1) is 0 Å². The zero-order valence-corrected chi connectivity index (χ0v) is 19.0. The fraction of sp³-hybridized carbons (Fsp3) is 0.600. The first kappa shape index (κ1) is 26.7. The van der Waals surface area contributed by atoms with Crippen LogP contribution in [0.25, 0.3) is 0 Å². The number of hydrogen-bond acceptors (Lipinski definition) is 5. The van der Waals surface area contributed by atoms with E-state index in [2.05, 4.69) is 18.8 Å². The van der Waals surface area contributed by atoms with Crippen LogP contribution >= 0.6 is 0 Å². The second-order valence-corrected chi connectivity index (χ2v) is 7.54. The highest BCUT2D eigenvalue weighted by molar-refractivity contribution is 5.81. The minimum atomic E-state index is -0.788. The van der Waals surface area contributed by atoms with E-state index in [9.17, 15) is 9.59 Å². The molecule has 0 saturated heterocycles. The van der Waals surface area contributed by atoms with Crippen LogP contribution in [-0.4, -0.2) is 37.9 Å². The van der Waals surface area contributed by atoms with Gasteiger partial charge in [-0.25, -0.2) is 9.59 Å². The van der Waals surface area contributed by atoms with Crippen molar-refractivity contribution in [3.05, 3.63) is 48.6 Å². The van der Waals surface area contributed by atoms with Crippen molar-refractivity contribution in [1.29, 1.82) is 0 Å². The summed E-state index contributed by atoms with van der Waals surface area (Å²) in [6.07, 6.45) is 10.6. The zero-order valence-electron chi connectivity index (χ0n) is 19.0. The van der Waals surface area contributed by atoms with Crippen molar-refractivity contribution in [1.82, 2.24) is 5.32 Å². The third-order valence-corrected chi connectivity index (χ3v) is 4.79. The van der Waals surface area contributed by atoms with Crippen molar-refractivity contribution in [3.8, 4) is 0 Å². The van der Waals surface area contributed by atoms with Gasteiger partial charge in [-0.1, -0.05) is 88.3 Å². The molecule has 0 fully saturated rings. The van der Waals surface area contributed by atoms with Gasteiger partial charge in [-0.3, -0.25) is 0 Å². The molecule has 1 unspecified atom stereocenters. The van der Waals surface area contributed by atoms with Gasteiger partial charge in [0.1, 0.15) is 12.6 Å². The fourth-order valence-corrected chi connectivity index (χ4v) is 3.03. The van der Waals surface area contributed by atoms with E-state index in [1.807, 2.05) is 30.3 Å². The van der Waals surface area contributed by atoms with Crippen LogP contribution in [0.1, 0.15) is 70.3 Å². The van der Waals surface area contributed by atoms with Crippen LogP contribution in [0.15, 0.2) is 43.0 Å². The zero-order chi connectivity index (χ0) is 22.6. The molecule has 0 saturated carbocycles. The van der Waals surface area contributed by atoms with E-state index in [0.717, 1.165) is 24.8 Å². The molecule has 6 nitrogen and oxygen atoms in total. The first-order chi connectivity index (χ1) is 15.2. The highest BCUT2D eigenvalue weighted by Gasteiger charge is 2.21. The molecule has 0 aromatic heterocycles. The monoisotopic (exact) mass is 433 g/mol. The number of nitrogens with one attached hydrogen (secondary N) is 1. The molecule has 0 aliphatic heterocycles. The SMILES string of the molecule is C=CCC(NC(=O)OCCOCc1ccccc1)C(=O)OCCCCCCCCCC. The quantitative estimate of drug-likeness (QED) is 0.186. The molecule has 1 aromatic carbocycles. The van der Waals surface area contributed by atoms with Gasteiger partial charge in [0.25, 0.3) is 0 Å². The molecule has 1 atom stereocenters. The molecule has 1 N–H and O–H groups in total. The Morgan fingerprint density at radius 3 is 2.29 bits per heavy atom. The van der Waals surface area contributed by atoms with E-state index in [0.29, 0.717) is 13.2 Å². The van der Waals surface area contributed by atoms with Gasteiger partial charge in [-0.05, 0) is 18.4 Å². The molecule has 1 amide bonds. The fourth-order valence-electron chi connectivity index (χ4n) is 3.03. The second kappa shape index (κ2) is 18.4. The summed E-state index contributed by atoms with van der Waals surface area (Å²) in [5.74, 6) is -0.458. The predicted molar refractivity (Wildman–Crippen MR) is 123 cm³/mol. The average molecular weight is 434 g/mol. The van der Waals surface area contributed by atoms with Crippen LogP contribution in [0.4, 0.5) is 4.79 Å². The molecular weight excluding hydrogens is 394 g/mol. The van der Waals surface area contributed by atoms with Gasteiger partial charge in [-0.2, -0.15) is 0 Å². The van der Waals surface area contributed by atoms with E-state index < -0.39 is 18.1 Å². The summed E-state index contributed by atoms with van der Waals surface area (Å²) >= 11 is 0. The number of hydrogen-bond donors (Lipinski definition) is 1. The number of ether oxygens (including phenoxy) is 3. The lowest BCUT2D eigenvalue weighted by molar-refractivity contribution is -0.146. The van der Waals surface area contributed by atoms with Crippen LogP contribution in [0.5, 0.6) is 0 Å².